The monoisotopic (exact) mass is 393 g/mol. The third-order valence-corrected chi connectivity index (χ3v) is 6.49. The molecule has 2 aliphatic rings. The lowest BCUT2D eigenvalue weighted by Gasteiger charge is -2.39. The third kappa shape index (κ3) is 4.31. The third-order valence-electron chi connectivity index (χ3n) is 6.49. The summed E-state index contributed by atoms with van der Waals surface area (Å²) in [6.07, 6.45) is 1.04. The molecule has 2 aromatic rings. The van der Waals surface area contributed by atoms with Gasteiger partial charge in [0.2, 0.25) is 5.91 Å². The first-order valence-electron chi connectivity index (χ1n) is 10.5. The van der Waals surface area contributed by atoms with Gasteiger partial charge in [0.05, 0.1) is 13.7 Å². The fraction of sp³-hybridized carbons (Fsp3) is 0.458. The van der Waals surface area contributed by atoms with E-state index in [9.17, 15) is 4.79 Å². The van der Waals surface area contributed by atoms with Gasteiger partial charge >= 0.3 is 0 Å². The van der Waals surface area contributed by atoms with Crippen LogP contribution in [0.2, 0.25) is 0 Å². The van der Waals surface area contributed by atoms with Crippen LogP contribution in [0.5, 0.6) is 5.75 Å². The smallest absolute Gasteiger partial charge is 0.236 e. The minimum absolute atomic E-state index is 0.209. The van der Waals surface area contributed by atoms with Crippen LogP contribution in [-0.4, -0.2) is 62.1 Å². The average molecular weight is 394 g/mol. The van der Waals surface area contributed by atoms with Crippen molar-refractivity contribution in [1.82, 2.24) is 15.1 Å². The lowest BCUT2D eigenvalue weighted by Crippen LogP contribution is -2.50. The summed E-state index contributed by atoms with van der Waals surface area (Å²) in [5.74, 6) is 1.99. The van der Waals surface area contributed by atoms with Gasteiger partial charge in [0, 0.05) is 44.1 Å². The molecule has 29 heavy (non-hydrogen) atoms. The first kappa shape index (κ1) is 19.9. The number of fused-ring (bicyclic) bond motifs is 1. The minimum Gasteiger partial charge on any atom is -0.497 e. The van der Waals surface area contributed by atoms with Crippen molar-refractivity contribution in [2.45, 2.75) is 24.9 Å². The number of benzene rings is 2. The molecule has 154 valence electrons. The number of amides is 1. The van der Waals surface area contributed by atoms with E-state index in [1.54, 1.807) is 7.11 Å². The number of hydrogen-bond donors (Lipinski definition) is 1. The molecule has 1 N–H and O–H groups in total. The van der Waals surface area contributed by atoms with E-state index in [0.29, 0.717) is 24.4 Å². The molecule has 0 bridgehead atoms. The molecule has 2 saturated heterocycles. The van der Waals surface area contributed by atoms with E-state index in [1.807, 2.05) is 7.05 Å². The van der Waals surface area contributed by atoms with Gasteiger partial charge in [0.15, 0.2) is 0 Å². The Morgan fingerprint density at radius 2 is 1.86 bits per heavy atom. The molecule has 0 saturated carbocycles. The number of likely N-dealkylation sites (tertiary alicyclic amines) is 2. The van der Waals surface area contributed by atoms with Crippen LogP contribution in [0.15, 0.2) is 54.6 Å². The summed E-state index contributed by atoms with van der Waals surface area (Å²) in [6, 6.07) is 19.7. The van der Waals surface area contributed by atoms with E-state index < -0.39 is 0 Å². The lowest BCUT2D eigenvalue weighted by atomic mass is 9.81. The molecular formula is C24H31N3O2. The zero-order chi connectivity index (χ0) is 20.2. The first-order valence-corrected chi connectivity index (χ1v) is 10.5. The second-order valence-corrected chi connectivity index (χ2v) is 8.18. The van der Waals surface area contributed by atoms with E-state index in [0.717, 1.165) is 38.3 Å². The van der Waals surface area contributed by atoms with Crippen molar-refractivity contribution >= 4 is 5.91 Å². The molecular weight excluding hydrogens is 362 g/mol. The maximum Gasteiger partial charge on any atom is 0.236 e. The number of carbonyl (C=O) groups is 1. The standard InChI is InChI=1S/C24H31N3O2/c1-25-14-24(28)26-13-12-23-22(17-26)21(19-8-10-20(29-2)11-9-19)16-27(23)15-18-6-4-3-5-7-18/h3-11,21-23,25H,12-17H2,1-2H3/t21-,22-,23-/m1/s1. The summed E-state index contributed by atoms with van der Waals surface area (Å²) in [4.78, 5) is 17.2. The van der Waals surface area contributed by atoms with Crippen LogP contribution in [0, 0.1) is 5.92 Å². The summed E-state index contributed by atoms with van der Waals surface area (Å²) in [6.45, 7) is 4.11. The number of hydrogen-bond acceptors (Lipinski definition) is 4. The normalized spacial score (nSPS) is 24.3. The Hall–Kier alpha value is -2.37. The van der Waals surface area contributed by atoms with Crippen molar-refractivity contribution in [2.75, 3.05) is 40.3 Å². The molecule has 0 radical (unpaired) electrons. The van der Waals surface area contributed by atoms with Gasteiger partial charge in [-0.1, -0.05) is 42.5 Å². The maximum atomic E-state index is 12.5. The summed E-state index contributed by atoms with van der Waals surface area (Å²) in [7, 11) is 3.54. The van der Waals surface area contributed by atoms with Crippen molar-refractivity contribution in [3.8, 4) is 5.75 Å². The second-order valence-electron chi connectivity index (χ2n) is 8.18. The Kier molecular flexibility index (Phi) is 6.16. The Morgan fingerprint density at radius 1 is 1.10 bits per heavy atom. The zero-order valence-corrected chi connectivity index (χ0v) is 17.4. The van der Waals surface area contributed by atoms with Crippen molar-refractivity contribution < 1.29 is 9.53 Å². The van der Waals surface area contributed by atoms with Crippen molar-refractivity contribution in [3.63, 3.8) is 0 Å². The molecule has 2 aliphatic heterocycles. The molecule has 4 rings (SSSR count). The molecule has 2 fully saturated rings. The van der Waals surface area contributed by atoms with Crippen molar-refractivity contribution in [1.29, 1.82) is 0 Å². The summed E-state index contributed by atoms with van der Waals surface area (Å²) >= 11 is 0. The van der Waals surface area contributed by atoms with Crippen LogP contribution in [0.3, 0.4) is 0 Å². The Labute approximate surface area is 173 Å². The summed E-state index contributed by atoms with van der Waals surface area (Å²) in [5.41, 5.74) is 2.70. The number of rotatable bonds is 6. The minimum atomic E-state index is 0.209. The molecule has 2 heterocycles. The fourth-order valence-corrected chi connectivity index (χ4v) is 5.03. The average Bonchev–Trinajstić information content (AvgIpc) is 3.12. The number of nitrogens with one attached hydrogen (secondary N) is 1. The molecule has 1 amide bonds. The van der Waals surface area contributed by atoms with Crippen molar-refractivity contribution in [2.24, 2.45) is 5.92 Å². The van der Waals surface area contributed by atoms with Gasteiger partial charge in [-0.15, -0.1) is 0 Å². The number of methoxy groups -OCH3 is 1. The Morgan fingerprint density at radius 3 is 2.55 bits per heavy atom. The largest absolute Gasteiger partial charge is 0.497 e. The molecule has 5 heteroatoms. The number of nitrogens with zero attached hydrogens (tertiary/aromatic N) is 2. The van der Waals surface area contributed by atoms with Gasteiger partial charge in [-0.3, -0.25) is 9.69 Å². The molecule has 0 unspecified atom stereocenters. The highest BCUT2D eigenvalue weighted by Gasteiger charge is 2.45. The lowest BCUT2D eigenvalue weighted by molar-refractivity contribution is -0.132. The molecule has 5 nitrogen and oxygen atoms in total. The molecule has 0 spiro atoms. The molecule has 0 aromatic heterocycles. The van der Waals surface area contributed by atoms with E-state index in [4.69, 9.17) is 4.74 Å². The highest BCUT2D eigenvalue weighted by molar-refractivity contribution is 5.78. The van der Waals surface area contributed by atoms with E-state index >= 15 is 0 Å². The van der Waals surface area contributed by atoms with E-state index in [2.05, 4.69) is 69.7 Å². The van der Waals surface area contributed by atoms with Crippen LogP contribution >= 0.6 is 0 Å². The predicted molar refractivity (Wildman–Crippen MR) is 115 cm³/mol. The predicted octanol–water partition coefficient (Wildman–Crippen LogP) is 2.73. The molecule has 3 atom stereocenters. The highest BCUT2D eigenvalue weighted by Crippen LogP contribution is 2.42. The Bertz CT molecular complexity index is 809. The van der Waals surface area contributed by atoms with Crippen LogP contribution in [-0.2, 0) is 11.3 Å². The zero-order valence-electron chi connectivity index (χ0n) is 17.4. The number of likely N-dealkylation sites (N-methyl/N-ethyl adjacent to an activating group) is 1. The van der Waals surface area contributed by atoms with Crippen LogP contribution in [0.1, 0.15) is 23.5 Å². The number of ether oxygens (including phenoxy) is 1. The fourth-order valence-electron chi connectivity index (χ4n) is 5.03. The maximum absolute atomic E-state index is 12.5. The van der Waals surface area contributed by atoms with E-state index in [1.165, 1.54) is 11.1 Å². The van der Waals surface area contributed by atoms with E-state index in [-0.39, 0.29) is 5.91 Å². The highest BCUT2D eigenvalue weighted by atomic mass is 16.5. The molecule has 0 aliphatic carbocycles. The van der Waals surface area contributed by atoms with Gasteiger partial charge < -0.3 is 15.0 Å². The number of carbonyl (C=O) groups excluding carboxylic acids is 1. The molecule has 2 aromatic carbocycles. The van der Waals surface area contributed by atoms with Crippen LogP contribution in [0.25, 0.3) is 0 Å². The van der Waals surface area contributed by atoms with Gasteiger partial charge in [-0.05, 0) is 36.7 Å². The van der Waals surface area contributed by atoms with Crippen LogP contribution < -0.4 is 10.1 Å². The topological polar surface area (TPSA) is 44.8 Å². The van der Waals surface area contributed by atoms with Crippen molar-refractivity contribution in [3.05, 3.63) is 65.7 Å². The Balaban J connectivity index is 1.57. The van der Waals surface area contributed by atoms with Gasteiger partial charge in [0.25, 0.3) is 0 Å². The van der Waals surface area contributed by atoms with Gasteiger partial charge in [-0.2, -0.15) is 0 Å². The second kappa shape index (κ2) is 8.97. The van der Waals surface area contributed by atoms with Gasteiger partial charge in [0.1, 0.15) is 5.75 Å². The quantitative estimate of drug-likeness (QED) is 0.820. The SMILES string of the molecule is CNCC(=O)N1CC[C@@H]2[C@H](C1)[C@@H](c1ccc(OC)cc1)CN2Cc1ccccc1. The van der Waals surface area contributed by atoms with Gasteiger partial charge in [-0.25, -0.2) is 0 Å². The summed E-state index contributed by atoms with van der Waals surface area (Å²) < 4.78 is 5.34. The number of piperidine rings is 1. The summed E-state index contributed by atoms with van der Waals surface area (Å²) in [5, 5.41) is 3.01. The first-order chi connectivity index (χ1) is 14.2. The van der Waals surface area contributed by atoms with Crippen LogP contribution in [0.4, 0.5) is 0 Å².